The smallest absolute Gasteiger partial charge is 0.341 e. The quantitative estimate of drug-likeness (QED) is 0.0619. The van der Waals surface area contributed by atoms with Gasteiger partial charge in [0.1, 0.15) is 16.3 Å². The number of hydrogen-bond donors (Lipinski definition) is 3. The Balaban J connectivity index is 1.15. The Morgan fingerprint density at radius 1 is 0.717 bits per heavy atom. The molecule has 6 aromatic rings. The number of anilines is 2. The van der Waals surface area contributed by atoms with Gasteiger partial charge in [0.25, 0.3) is 11.8 Å². The van der Waals surface area contributed by atoms with Crippen LogP contribution in [0.5, 0.6) is 0 Å². The molecule has 0 radical (unpaired) electrons. The SMILES string of the molecule is CCOC(=O)c1c(-c2ccccc2)csc1NC(=O)CSc1cccc(NC(=O)/C(=C\c2ccc(-c3ccccc3)cc2)NC(=O)c2ccccc2)c1. The van der Waals surface area contributed by atoms with Crippen LogP contribution in [0, 0.1) is 0 Å². The predicted octanol–water partition coefficient (Wildman–Crippen LogP) is 9.40. The highest BCUT2D eigenvalue weighted by Crippen LogP contribution is 2.36. The Bertz CT molecular complexity index is 2240. The highest BCUT2D eigenvalue weighted by Gasteiger charge is 2.23. The molecule has 0 aliphatic carbocycles. The summed E-state index contributed by atoms with van der Waals surface area (Å²) >= 11 is 2.54. The molecule has 8 nitrogen and oxygen atoms in total. The van der Waals surface area contributed by atoms with Gasteiger partial charge < -0.3 is 20.7 Å². The van der Waals surface area contributed by atoms with Crippen molar-refractivity contribution in [2.45, 2.75) is 11.8 Å². The van der Waals surface area contributed by atoms with Crippen LogP contribution in [0.3, 0.4) is 0 Å². The molecule has 3 amide bonds. The summed E-state index contributed by atoms with van der Waals surface area (Å²) in [7, 11) is 0. The van der Waals surface area contributed by atoms with E-state index in [1.165, 1.54) is 23.1 Å². The Labute approximate surface area is 315 Å². The first-order valence-corrected chi connectivity index (χ1v) is 18.7. The monoisotopic (exact) mass is 737 g/mol. The van der Waals surface area contributed by atoms with Crippen molar-refractivity contribution in [1.29, 1.82) is 0 Å². The summed E-state index contributed by atoms with van der Waals surface area (Å²) in [6.45, 7) is 1.94. The number of benzene rings is 5. The molecule has 10 heteroatoms. The molecule has 5 aromatic carbocycles. The molecule has 0 spiro atoms. The minimum atomic E-state index is -0.514. The minimum Gasteiger partial charge on any atom is -0.462 e. The molecule has 3 N–H and O–H groups in total. The van der Waals surface area contributed by atoms with Crippen molar-refractivity contribution >= 4 is 63.6 Å². The molecule has 0 fully saturated rings. The van der Waals surface area contributed by atoms with E-state index in [1.54, 1.807) is 55.5 Å². The van der Waals surface area contributed by atoms with Crippen molar-refractivity contribution in [2.75, 3.05) is 23.0 Å². The summed E-state index contributed by atoms with van der Waals surface area (Å²) < 4.78 is 5.31. The maximum absolute atomic E-state index is 13.7. The second-order valence-electron chi connectivity index (χ2n) is 11.6. The molecule has 0 saturated heterocycles. The number of carbonyl (C=O) groups excluding carboxylic acids is 4. The fraction of sp³-hybridized carbons (Fsp3) is 0.0698. The second kappa shape index (κ2) is 17.8. The highest BCUT2D eigenvalue weighted by atomic mass is 32.2. The van der Waals surface area contributed by atoms with Gasteiger partial charge in [-0.05, 0) is 65.6 Å². The first-order valence-electron chi connectivity index (χ1n) is 16.8. The number of ether oxygens (including phenoxy) is 1. The lowest BCUT2D eigenvalue weighted by Gasteiger charge is -2.12. The van der Waals surface area contributed by atoms with Gasteiger partial charge in [-0.2, -0.15) is 0 Å². The summed E-state index contributed by atoms with van der Waals surface area (Å²) in [5.74, 6) is -1.69. The Morgan fingerprint density at radius 3 is 2.04 bits per heavy atom. The van der Waals surface area contributed by atoms with Gasteiger partial charge in [-0.1, -0.05) is 109 Å². The standard InChI is InChI=1S/C43H35N3O5S2/c1-2-51-43(50)39-36(32-15-8-4-9-16-32)27-53-42(39)46-38(47)28-52-35-20-12-19-34(26-35)44-41(49)37(45-40(48)33-17-10-5-11-18-33)25-29-21-23-31(24-22-29)30-13-6-3-7-14-30/h3-27H,2,28H2,1H3,(H,44,49)(H,45,48)(H,46,47)/b37-25+. The lowest BCUT2D eigenvalue weighted by molar-refractivity contribution is -0.114. The zero-order chi connectivity index (χ0) is 37.0. The minimum absolute atomic E-state index is 0.0511. The lowest BCUT2D eigenvalue weighted by atomic mass is 10.0. The van der Waals surface area contributed by atoms with Gasteiger partial charge in [0.15, 0.2) is 0 Å². The van der Waals surface area contributed by atoms with Gasteiger partial charge in [-0.3, -0.25) is 14.4 Å². The molecular weight excluding hydrogens is 703 g/mol. The van der Waals surface area contributed by atoms with E-state index in [-0.39, 0.29) is 24.0 Å². The van der Waals surface area contributed by atoms with Crippen molar-refractivity contribution in [1.82, 2.24) is 5.32 Å². The van der Waals surface area contributed by atoms with Crippen LogP contribution in [0.25, 0.3) is 28.3 Å². The van der Waals surface area contributed by atoms with Crippen LogP contribution < -0.4 is 16.0 Å². The first-order chi connectivity index (χ1) is 25.9. The van der Waals surface area contributed by atoms with Crippen LogP contribution in [0.1, 0.15) is 33.2 Å². The van der Waals surface area contributed by atoms with Crippen LogP contribution in [0.4, 0.5) is 10.7 Å². The number of nitrogens with one attached hydrogen (secondary N) is 3. The third kappa shape index (κ3) is 9.76. The molecule has 0 bridgehead atoms. The maximum Gasteiger partial charge on any atom is 0.341 e. The molecule has 53 heavy (non-hydrogen) atoms. The number of rotatable bonds is 13. The van der Waals surface area contributed by atoms with Gasteiger partial charge >= 0.3 is 5.97 Å². The normalized spacial score (nSPS) is 11.0. The van der Waals surface area contributed by atoms with Crippen molar-refractivity contribution in [2.24, 2.45) is 0 Å². The van der Waals surface area contributed by atoms with E-state index >= 15 is 0 Å². The molecule has 0 aliphatic rings. The van der Waals surface area contributed by atoms with Crippen LogP contribution >= 0.6 is 23.1 Å². The van der Waals surface area contributed by atoms with Crippen LogP contribution in [0.15, 0.2) is 155 Å². The van der Waals surface area contributed by atoms with E-state index in [0.717, 1.165) is 27.1 Å². The van der Waals surface area contributed by atoms with Crippen molar-refractivity contribution < 1.29 is 23.9 Å². The number of hydrogen-bond acceptors (Lipinski definition) is 7. The Hall–Kier alpha value is -6.23. The van der Waals surface area contributed by atoms with Gasteiger partial charge in [0.2, 0.25) is 5.91 Å². The molecule has 0 aliphatic heterocycles. The molecule has 264 valence electrons. The number of thioether (sulfide) groups is 1. The average molecular weight is 738 g/mol. The average Bonchev–Trinajstić information content (AvgIpc) is 3.61. The maximum atomic E-state index is 13.7. The molecule has 0 unspecified atom stereocenters. The number of esters is 1. The number of amides is 3. The van der Waals surface area contributed by atoms with Crippen molar-refractivity contribution in [3.8, 4) is 22.3 Å². The summed E-state index contributed by atoms with van der Waals surface area (Å²) in [5, 5.41) is 10.8. The Kier molecular flexibility index (Phi) is 12.3. The van der Waals surface area contributed by atoms with E-state index in [9.17, 15) is 19.2 Å². The number of thiophene rings is 1. The zero-order valence-corrected chi connectivity index (χ0v) is 30.3. The molecule has 0 saturated carbocycles. The summed E-state index contributed by atoms with van der Waals surface area (Å²) in [6.07, 6.45) is 1.63. The molecule has 6 rings (SSSR count). The van der Waals surface area contributed by atoms with Crippen molar-refractivity contribution in [3.63, 3.8) is 0 Å². The predicted molar refractivity (Wildman–Crippen MR) is 214 cm³/mol. The van der Waals surface area contributed by atoms with E-state index in [2.05, 4.69) is 16.0 Å². The third-order valence-corrected chi connectivity index (χ3v) is 9.82. The van der Waals surface area contributed by atoms with Crippen LogP contribution in [0.2, 0.25) is 0 Å². The molecule has 0 atom stereocenters. The van der Waals surface area contributed by atoms with E-state index in [4.69, 9.17) is 4.74 Å². The summed E-state index contributed by atoms with van der Waals surface area (Å²) in [5.41, 5.74) is 5.64. The van der Waals surface area contributed by atoms with Gasteiger partial charge in [0, 0.05) is 27.1 Å². The van der Waals surface area contributed by atoms with Crippen LogP contribution in [-0.4, -0.2) is 36.1 Å². The molecule has 1 heterocycles. The summed E-state index contributed by atoms with van der Waals surface area (Å²) in [4.78, 5) is 53.6. The van der Waals surface area contributed by atoms with Crippen molar-refractivity contribution in [3.05, 3.63) is 167 Å². The largest absolute Gasteiger partial charge is 0.462 e. The van der Waals surface area contributed by atoms with Crippen LogP contribution in [-0.2, 0) is 14.3 Å². The Morgan fingerprint density at radius 2 is 1.36 bits per heavy atom. The fourth-order valence-electron chi connectivity index (χ4n) is 5.37. The van der Waals surface area contributed by atoms with E-state index in [0.29, 0.717) is 27.4 Å². The van der Waals surface area contributed by atoms with Gasteiger partial charge in [0.05, 0.1) is 12.4 Å². The molecular formula is C43H35N3O5S2. The molecule has 1 aromatic heterocycles. The lowest BCUT2D eigenvalue weighted by Crippen LogP contribution is -2.30. The second-order valence-corrected chi connectivity index (χ2v) is 13.6. The van der Waals surface area contributed by atoms with Gasteiger partial charge in [-0.15, -0.1) is 23.1 Å². The first kappa shape index (κ1) is 36.6. The summed E-state index contributed by atoms with van der Waals surface area (Å²) in [6, 6.07) is 42.9. The van der Waals surface area contributed by atoms with E-state index in [1.807, 2.05) is 102 Å². The topological polar surface area (TPSA) is 114 Å². The number of carbonyl (C=O) groups is 4. The van der Waals surface area contributed by atoms with Gasteiger partial charge in [-0.25, -0.2) is 4.79 Å². The third-order valence-electron chi connectivity index (χ3n) is 7.93. The van der Waals surface area contributed by atoms with E-state index < -0.39 is 17.8 Å². The fourth-order valence-corrected chi connectivity index (χ4v) is 7.10. The highest BCUT2D eigenvalue weighted by molar-refractivity contribution is 8.00. The zero-order valence-electron chi connectivity index (χ0n) is 28.7.